The smallest absolute Gasteiger partial charge is 0.311 e. The number of aliphatic carboxylic acids is 1. The van der Waals surface area contributed by atoms with E-state index in [1.165, 1.54) is 7.11 Å². The molecule has 132 valence electrons. The second-order valence-corrected chi connectivity index (χ2v) is 6.59. The van der Waals surface area contributed by atoms with Gasteiger partial charge in [-0.05, 0) is 30.9 Å². The van der Waals surface area contributed by atoms with Crippen molar-refractivity contribution in [2.24, 2.45) is 11.3 Å². The fraction of sp³-hybridized carbons (Fsp3) is 0.500. The average Bonchev–Trinajstić information content (AvgIpc) is 3.18. The predicted octanol–water partition coefficient (Wildman–Crippen LogP) is 1.66. The highest BCUT2D eigenvalue weighted by atomic mass is 16.5. The van der Waals surface area contributed by atoms with E-state index in [1.807, 2.05) is 6.07 Å². The van der Waals surface area contributed by atoms with Gasteiger partial charge in [0.15, 0.2) is 18.1 Å². The molecule has 2 fully saturated rings. The zero-order valence-corrected chi connectivity index (χ0v) is 14.0. The third-order valence-corrected chi connectivity index (χ3v) is 5.29. The van der Waals surface area contributed by atoms with Gasteiger partial charge in [-0.15, -0.1) is 0 Å². The Morgan fingerprint density at radius 1 is 1.44 bits per heavy atom. The summed E-state index contributed by atoms with van der Waals surface area (Å²) < 4.78 is 10.7. The molecule has 1 heterocycles. The minimum atomic E-state index is -0.806. The molecule has 1 aromatic carbocycles. The quantitative estimate of drug-likeness (QED) is 0.872. The van der Waals surface area contributed by atoms with Gasteiger partial charge in [0.05, 0.1) is 24.2 Å². The number of carbonyl (C=O) groups is 2. The number of benzene rings is 1. The molecule has 1 N–H and O–H groups in total. The summed E-state index contributed by atoms with van der Waals surface area (Å²) in [5.74, 6) is -0.255. The van der Waals surface area contributed by atoms with Gasteiger partial charge in [-0.3, -0.25) is 9.59 Å². The number of amides is 1. The van der Waals surface area contributed by atoms with Crippen LogP contribution in [0.15, 0.2) is 18.2 Å². The van der Waals surface area contributed by atoms with E-state index in [-0.39, 0.29) is 25.0 Å². The van der Waals surface area contributed by atoms with E-state index >= 15 is 0 Å². The molecule has 1 aromatic rings. The maximum Gasteiger partial charge on any atom is 0.311 e. The van der Waals surface area contributed by atoms with Crippen LogP contribution < -0.4 is 9.47 Å². The van der Waals surface area contributed by atoms with E-state index in [0.717, 1.165) is 12.8 Å². The van der Waals surface area contributed by atoms with Crippen molar-refractivity contribution in [1.82, 2.24) is 4.90 Å². The van der Waals surface area contributed by atoms with Gasteiger partial charge < -0.3 is 19.5 Å². The van der Waals surface area contributed by atoms with Gasteiger partial charge in [0.1, 0.15) is 0 Å². The molecule has 0 aromatic heterocycles. The van der Waals surface area contributed by atoms with E-state index in [2.05, 4.69) is 0 Å². The van der Waals surface area contributed by atoms with Crippen molar-refractivity contribution in [1.29, 1.82) is 5.26 Å². The summed E-state index contributed by atoms with van der Waals surface area (Å²) in [7, 11) is 1.46. The van der Waals surface area contributed by atoms with Gasteiger partial charge >= 0.3 is 5.97 Å². The second kappa shape index (κ2) is 6.63. The predicted molar refractivity (Wildman–Crippen MR) is 87.2 cm³/mol. The van der Waals surface area contributed by atoms with Crippen LogP contribution in [0.4, 0.5) is 0 Å². The Kier molecular flexibility index (Phi) is 4.53. The van der Waals surface area contributed by atoms with Gasteiger partial charge in [-0.25, -0.2) is 0 Å². The number of carbonyl (C=O) groups excluding carboxylic acids is 1. The number of likely N-dealkylation sites (tertiary alicyclic amines) is 1. The Labute approximate surface area is 145 Å². The number of nitriles is 1. The lowest BCUT2D eigenvalue weighted by Crippen LogP contribution is -2.38. The number of methoxy groups -OCH3 is 1. The number of carboxylic acid groups (broad SMARTS) is 1. The van der Waals surface area contributed by atoms with Crippen molar-refractivity contribution in [2.75, 3.05) is 26.8 Å². The number of fused-ring (bicyclic) bond motifs is 1. The minimum absolute atomic E-state index is 0.0263. The summed E-state index contributed by atoms with van der Waals surface area (Å²) in [6.45, 7) is 0.531. The molecule has 1 aliphatic carbocycles. The summed E-state index contributed by atoms with van der Waals surface area (Å²) in [4.78, 5) is 25.7. The fourth-order valence-corrected chi connectivity index (χ4v) is 3.92. The molecule has 2 aliphatic rings. The van der Waals surface area contributed by atoms with Crippen molar-refractivity contribution in [3.05, 3.63) is 23.8 Å². The first-order chi connectivity index (χ1) is 12.0. The number of hydrogen-bond acceptors (Lipinski definition) is 5. The molecule has 2 atom stereocenters. The van der Waals surface area contributed by atoms with Crippen molar-refractivity contribution >= 4 is 11.9 Å². The average molecular weight is 344 g/mol. The van der Waals surface area contributed by atoms with Gasteiger partial charge in [0, 0.05) is 19.2 Å². The molecular weight excluding hydrogens is 324 g/mol. The molecule has 7 heteroatoms. The van der Waals surface area contributed by atoms with Gasteiger partial charge in [-0.2, -0.15) is 5.26 Å². The molecule has 0 radical (unpaired) electrons. The Morgan fingerprint density at radius 2 is 2.24 bits per heavy atom. The van der Waals surface area contributed by atoms with Crippen molar-refractivity contribution < 1.29 is 24.2 Å². The van der Waals surface area contributed by atoms with Crippen LogP contribution >= 0.6 is 0 Å². The minimum Gasteiger partial charge on any atom is -0.493 e. The van der Waals surface area contributed by atoms with Crippen LogP contribution in [0.3, 0.4) is 0 Å². The molecule has 1 amide bonds. The first kappa shape index (κ1) is 17.1. The van der Waals surface area contributed by atoms with Crippen LogP contribution in [-0.2, 0) is 9.59 Å². The summed E-state index contributed by atoms with van der Waals surface area (Å²) in [5, 5.41) is 18.5. The monoisotopic (exact) mass is 344 g/mol. The lowest BCUT2D eigenvalue weighted by Gasteiger charge is -2.23. The first-order valence-electron chi connectivity index (χ1n) is 8.22. The Balaban J connectivity index is 1.65. The Bertz CT molecular complexity index is 741. The fourth-order valence-electron chi connectivity index (χ4n) is 3.92. The van der Waals surface area contributed by atoms with Crippen molar-refractivity contribution in [3.8, 4) is 17.6 Å². The molecule has 1 saturated carbocycles. The van der Waals surface area contributed by atoms with Crippen molar-refractivity contribution in [2.45, 2.75) is 19.3 Å². The van der Waals surface area contributed by atoms with Gasteiger partial charge in [-0.1, -0.05) is 6.42 Å². The van der Waals surface area contributed by atoms with Gasteiger partial charge in [0.2, 0.25) is 0 Å². The van der Waals surface area contributed by atoms with Crippen LogP contribution in [-0.4, -0.2) is 48.7 Å². The highest BCUT2D eigenvalue weighted by Gasteiger charge is 2.55. The zero-order valence-electron chi connectivity index (χ0n) is 14.0. The largest absolute Gasteiger partial charge is 0.493 e. The molecule has 7 nitrogen and oxygen atoms in total. The lowest BCUT2D eigenvalue weighted by atomic mass is 9.81. The first-order valence-corrected chi connectivity index (χ1v) is 8.22. The van der Waals surface area contributed by atoms with E-state index in [9.17, 15) is 14.7 Å². The second-order valence-electron chi connectivity index (χ2n) is 6.59. The zero-order chi connectivity index (χ0) is 18.0. The van der Waals surface area contributed by atoms with Crippen LogP contribution in [0, 0.1) is 22.7 Å². The normalized spacial score (nSPS) is 24.5. The topological polar surface area (TPSA) is 99.9 Å². The number of hydrogen-bond donors (Lipinski definition) is 1. The molecule has 3 rings (SSSR count). The molecule has 1 saturated heterocycles. The third-order valence-electron chi connectivity index (χ3n) is 5.29. The summed E-state index contributed by atoms with van der Waals surface area (Å²) >= 11 is 0. The highest BCUT2D eigenvalue weighted by Crippen LogP contribution is 2.48. The van der Waals surface area contributed by atoms with Crippen LogP contribution in [0.25, 0.3) is 0 Å². The third kappa shape index (κ3) is 3.00. The van der Waals surface area contributed by atoms with Gasteiger partial charge in [0.25, 0.3) is 5.91 Å². The molecule has 0 spiro atoms. The molecular formula is C18H20N2O5. The Hall–Kier alpha value is -2.75. The maximum atomic E-state index is 12.5. The standard InChI is InChI=1S/C18H20N2O5/c1-24-15-7-12(8-19)4-5-14(15)25-10-16(21)20-9-13-3-2-6-18(13,11-20)17(22)23/h4-5,7,13H,2-3,6,9-11H2,1H3,(H,22,23)/t13-,18+/m0/s1. The highest BCUT2D eigenvalue weighted by molar-refractivity contribution is 5.82. The molecule has 1 aliphatic heterocycles. The summed E-state index contributed by atoms with van der Waals surface area (Å²) in [6.07, 6.45) is 2.37. The summed E-state index contributed by atoms with van der Waals surface area (Å²) in [6, 6.07) is 6.72. The summed E-state index contributed by atoms with van der Waals surface area (Å²) in [5.41, 5.74) is -0.354. The number of carboxylic acids is 1. The van der Waals surface area contributed by atoms with Crippen LogP contribution in [0.1, 0.15) is 24.8 Å². The molecule has 25 heavy (non-hydrogen) atoms. The molecule has 0 unspecified atom stereocenters. The Morgan fingerprint density at radius 3 is 2.88 bits per heavy atom. The van der Waals surface area contributed by atoms with Crippen LogP contribution in [0.2, 0.25) is 0 Å². The maximum absolute atomic E-state index is 12.5. The van der Waals surface area contributed by atoms with E-state index < -0.39 is 11.4 Å². The van der Waals surface area contributed by atoms with Crippen molar-refractivity contribution in [3.63, 3.8) is 0 Å². The number of nitrogens with zero attached hydrogens (tertiary/aromatic N) is 2. The number of rotatable bonds is 5. The van der Waals surface area contributed by atoms with E-state index in [4.69, 9.17) is 14.7 Å². The van der Waals surface area contributed by atoms with E-state index in [1.54, 1.807) is 23.1 Å². The number of ether oxygens (including phenoxy) is 2. The van der Waals surface area contributed by atoms with Crippen LogP contribution in [0.5, 0.6) is 11.5 Å². The van der Waals surface area contributed by atoms with E-state index in [0.29, 0.717) is 30.0 Å². The lowest BCUT2D eigenvalue weighted by molar-refractivity contribution is -0.149. The molecule has 0 bridgehead atoms. The SMILES string of the molecule is COc1cc(C#N)ccc1OCC(=O)N1C[C@@H]2CCC[C@@]2(C(=O)O)C1.